The predicted molar refractivity (Wildman–Crippen MR) is 83.4 cm³/mol. The van der Waals surface area contributed by atoms with Crippen LogP contribution in [0.2, 0.25) is 0 Å². The van der Waals surface area contributed by atoms with Crippen LogP contribution in [0.1, 0.15) is 36.7 Å². The van der Waals surface area contributed by atoms with Crippen molar-refractivity contribution in [1.29, 1.82) is 0 Å². The van der Waals surface area contributed by atoms with E-state index >= 15 is 0 Å². The summed E-state index contributed by atoms with van der Waals surface area (Å²) in [6, 6.07) is 3.12. The molecule has 0 radical (unpaired) electrons. The quantitative estimate of drug-likeness (QED) is 0.876. The fourth-order valence-electron chi connectivity index (χ4n) is 2.58. The van der Waals surface area contributed by atoms with Crippen LogP contribution in [-0.4, -0.2) is 43.4 Å². The van der Waals surface area contributed by atoms with Gasteiger partial charge >= 0.3 is 5.97 Å². The Bertz CT molecular complexity index is 867. The number of amidine groups is 1. The van der Waals surface area contributed by atoms with Crippen LogP contribution in [0.4, 0.5) is 0 Å². The molecule has 0 bridgehead atoms. The molecule has 1 unspecified atom stereocenters. The largest absolute Gasteiger partial charge is 0.478 e. The molecule has 3 rings (SSSR count). The van der Waals surface area contributed by atoms with Crippen molar-refractivity contribution in [3.05, 3.63) is 23.3 Å². The molecule has 2 aromatic rings. The molecule has 2 heterocycles. The van der Waals surface area contributed by atoms with E-state index in [1.165, 1.54) is 6.07 Å². The standard InChI is InChI=1S/C15H17N5O3/c1-7(2)15(3)14(23)16-12(17-15)10-8(13(21)22)5-6-9-11(10)18-19-20(9)4/h5-7H,1-4H3,(H,21,22)(H,16,17,23). The number of amides is 1. The Labute approximate surface area is 132 Å². The Morgan fingerprint density at radius 1 is 1.39 bits per heavy atom. The molecule has 8 nitrogen and oxygen atoms in total. The van der Waals surface area contributed by atoms with Crippen molar-refractivity contribution in [3.8, 4) is 0 Å². The molecule has 120 valence electrons. The van der Waals surface area contributed by atoms with E-state index in [4.69, 9.17) is 0 Å². The smallest absolute Gasteiger partial charge is 0.336 e. The lowest BCUT2D eigenvalue weighted by molar-refractivity contribution is -0.124. The van der Waals surface area contributed by atoms with Gasteiger partial charge in [-0.05, 0) is 25.0 Å². The summed E-state index contributed by atoms with van der Waals surface area (Å²) in [6.45, 7) is 5.53. The molecule has 0 fully saturated rings. The second-order valence-corrected chi connectivity index (χ2v) is 6.09. The lowest BCUT2D eigenvalue weighted by Crippen LogP contribution is -2.41. The number of carboxylic acid groups (broad SMARTS) is 1. The first kappa shape index (κ1) is 15.1. The highest BCUT2D eigenvalue weighted by molar-refractivity contribution is 6.22. The summed E-state index contributed by atoms with van der Waals surface area (Å²) in [5, 5.41) is 20.1. The summed E-state index contributed by atoms with van der Waals surface area (Å²) in [5.41, 5.74) is 0.459. The maximum absolute atomic E-state index is 12.3. The molecule has 1 aliphatic heterocycles. The highest BCUT2D eigenvalue weighted by Crippen LogP contribution is 2.29. The van der Waals surface area contributed by atoms with Gasteiger partial charge in [0.2, 0.25) is 0 Å². The van der Waals surface area contributed by atoms with E-state index in [1.807, 2.05) is 13.8 Å². The Hall–Kier alpha value is -2.77. The van der Waals surface area contributed by atoms with Crippen molar-refractivity contribution < 1.29 is 14.7 Å². The van der Waals surface area contributed by atoms with E-state index in [0.717, 1.165) is 0 Å². The second kappa shape index (κ2) is 4.87. The van der Waals surface area contributed by atoms with Gasteiger partial charge in [0.05, 0.1) is 16.6 Å². The Kier molecular flexibility index (Phi) is 3.20. The number of hydrogen-bond acceptors (Lipinski definition) is 5. The molecule has 0 saturated carbocycles. The van der Waals surface area contributed by atoms with Crippen LogP contribution >= 0.6 is 0 Å². The number of carbonyl (C=O) groups excluding carboxylic acids is 1. The number of hydrogen-bond donors (Lipinski definition) is 2. The van der Waals surface area contributed by atoms with Crippen molar-refractivity contribution >= 4 is 28.7 Å². The molecule has 1 amide bonds. The van der Waals surface area contributed by atoms with Gasteiger partial charge in [0.15, 0.2) is 0 Å². The average molecular weight is 315 g/mol. The number of aromatic nitrogens is 3. The van der Waals surface area contributed by atoms with Crippen molar-refractivity contribution in [1.82, 2.24) is 20.3 Å². The fourth-order valence-corrected chi connectivity index (χ4v) is 2.58. The first-order chi connectivity index (χ1) is 10.8. The van der Waals surface area contributed by atoms with Gasteiger partial charge < -0.3 is 10.4 Å². The van der Waals surface area contributed by atoms with Gasteiger partial charge in [0.25, 0.3) is 5.91 Å². The summed E-state index contributed by atoms with van der Waals surface area (Å²) >= 11 is 0. The number of nitrogens with one attached hydrogen (secondary N) is 1. The van der Waals surface area contributed by atoms with E-state index in [1.54, 1.807) is 24.7 Å². The van der Waals surface area contributed by atoms with Gasteiger partial charge in [-0.25, -0.2) is 9.48 Å². The predicted octanol–water partition coefficient (Wildman–Crippen LogP) is 0.958. The summed E-state index contributed by atoms with van der Waals surface area (Å²) < 4.78 is 1.55. The van der Waals surface area contributed by atoms with Crippen molar-refractivity contribution in [2.45, 2.75) is 26.3 Å². The Morgan fingerprint density at radius 2 is 2.09 bits per heavy atom. The lowest BCUT2D eigenvalue weighted by Gasteiger charge is -2.21. The van der Waals surface area contributed by atoms with Gasteiger partial charge in [-0.3, -0.25) is 9.79 Å². The third kappa shape index (κ3) is 2.09. The number of nitrogens with zero attached hydrogens (tertiary/aromatic N) is 4. The van der Waals surface area contributed by atoms with Crippen molar-refractivity contribution in [2.24, 2.45) is 18.0 Å². The van der Waals surface area contributed by atoms with Crippen molar-refractivity contribution in [3.63, 3.8) is 0 Å². The number of benzene rings is 1. The minimum Gasteiger partial charge on any atom is -0.478 e. The summed E-state index contributed by atoms with van der Waals surface area (Å²) in [4.78, 5) is 28.4. The maximum Gasteiger partial charge on any atom is 0.336 e. The second-order valence-electron chi connectivity index (χ2n) is 6.09. The SMILES string of the molecule is CC(C)C1(C)N=C(c2c(C(=O)O)ccc3c2nnn3C)NC1=O. The zero-order valence-corrected chi connectivity index (χ0v) is 13.3. The number of carbonyl (C=O) groups is 2. The van der Waals surface area contributed by atoms with Crippen LogP contribution in [0.15, 0.2) is 17.1 Å². The summed E-state index contributed by atoms with van der Waals surface area (Å²) in [5.74, 6) is -1.16. The molecular formula is C15H17N5O3. The number of fused-ring (bicyclic) bond motifs is 1. The summed E-state index contributed by atoms with van der Waals surface area (Å²) in [6.07, 6.45) is 0. The third-order valence-corrected chi connectivity index (χ3v) is 4.41. The third-order valence-electron chi connectivity index (χ3n) is 4.41. The van der Waals surface area contributed by atoms with Gasteiger partial charge in [-0.15, -0.1) is 5.10 Å². The molecule has 1 aromatic heterocycles. The van der Waals surface area contributed by atoms with E-state index < -0.39 is 11.5 Å². The normalized spacial score (nSPS) is 20.9. The average Bonchev–Trinajstić information content (AvgIpc) is 3.00. The molecule has 0 aliphatic carbocycles. The van der Waals surface area contributed by atoms with E-state index in [0.29, 0.717) is 16.6 Å². The minimum atomic E-state index is -1.11. The maximum atomic E-state index is 12.3. The Balaban J connectivity index is 2.29. The van der Waals surface area contributed by atoms with Crippen LogP contribution in [0.5, 0.6) is 0 Å². The molecule has 1 atom stereocenters. The first-order valence-corrected chi connectivity index (χ1v) is 7.23. The number of aromatic carboxylic acids is 1. The molecule has 1 aromatic carbocycles. The number of rotatable bonds is 3. The van der Waals surface area contributed by atoms with E-state index in [2.05, 4.69) is 20.6 Å². The highest BCUT2D eigenvalue weighted by Gasteiger charge is 2.43. The topological polar surface area (TPSA) is 109 Å². The zero-order chi connectivity index (χ0) is 16.9. The number of aryl methyl sites for hydroxylation is 1. The van der Waals surface area contributed by atoms with Gasteiger partial charge in [0.1, 0.15) is 16.9 Å². The fraction of sp³-hybridized carbons (Fsp3) is 0.400. The number of aliphatic imine (C=N–C) groups is 1. The van der Waals surface area contributed by atoms with Crippen LogP contribution in [0.25, 0.3) is 11.0 Å². The Morgan fingerprint density at radius 3 is 2.65 bits per heavy atom. The van der Waals surface area contributed by atoms with Crippen LogP contribution in [0.3, 0.4) is 0 Å². The molecule has 1 aliphatic rings. The molecule has 0 spiro atoms. The van der Waals surface area contributed by atoms with E-state index in [9.17, 15) is 14.7 Å². The molecular weight excluding hydrogens is 298 g/mol. The zero-order valence-electron chi connectivity index (χ0n) is 13.3. The highest BCUT2D eigenvalue weighted by atomic mass is 16.4. The molecule has 0 saturated heterocycles. The van der Waals surface area contributed by atoms with E-state index in [-0.39, 0.29) is 23.2 Å². The van der Waals surface area contributed by atoms with Crippen LogP contribution < -0.4 is 5.32 Å². The van der Waals surface area contributed by atoms with Crippen LogP contribution in [-0.2, 0) is 11.8 Å². The van der Waals surface area contributed by atoms with Gasteiger partial charge in [0, 0.05) is 7.05 Å². The number of carboxylic acids is 1. The van der Waals surface area contributed by atoms with Gasteiger partial charge in [-0.1, -0.05) is 19.1 Å². The lowest BCUT2D eigenvalue weighted by atomic mass is 9.89. The molecule has 23 heavy (non-hydrogen) atoms. The summed E-state index contributed by atoms with van der Waals surface area (Å²) in [7, 11) is 1.72. The monoisotopic (exact) mass is 315 g/mol. The first-order valence-electron chi connectivity index (χ1n) is 7.23. The van der Waals surface area contributed by atoms with Crippen LogP contribution in [0, 0.1) is 5.92 Å². The van der Waals surface area contributed by atoms with Gasteiger partial charge in [-0.2, -0.15) is 0 Å². The molecule has 2 N–H and O–H groups in total. The minimum absolute atomic E-state index is 0.0325. The van der Waals surface area contributed by atoms with Crippen molar-refractivity contribution in [2.75, 3.05) is 0 Å². The molecule has 8 heteroatoms.